The number of nitrogens with zero attached hydrogens (tertiary/aromatic N) is 2. The van der Waals surface area contributed by atoms with Crippen molar-refractivity contribution < 1.29 is 4.52 Å². The predicted octanol–water partition coefficient (Wildman–Crippen LogP) is 6.09. The quantitative estimate of drug-likeness (QED) is 0.468. The summed E-state index contributed by atoms with van der Waals surface area (Å²) in [6.45, 7) is 4.35. The van der Waals surface area contributed by atoms with Gasteiger partial charge in [0, 0.05) is 12.0 Å². The van der Waals surface area contributed by atoms with Crippen LogP contribution in [0.1, 0.15) is 50.9 Å². The normalized spacial score (nSPS) is 11.0. The van der Waals surface area contributed by atoms with Gasteiger partial charge in [0.1, 0.15) is 0 Å². The van der Waals surface area contributed by atoms with Gasteiger partial charge in [0.2, 0.25) is 0 Å². The first-order chi connectivity index (χ1) is 12.3. The Morgan fingerprint density at radius 3 is 2.00 bits per heavy atom. The van der Waals surface area contributed by atoms with E-state index in [1.807, 2.05) is 12.1 Å². The minimum atomic E-state index is 0.598. The number of aryl methyl sites for hydroxylation is 2. The zero-order valence-electron chi connectivity index (χ0n) is 15.2. The van der Waals surface area contributed by atoms with E-state index in [9.17, 15) is 0 Å². The van der Waals surface area contributed by atoms with Crippen molar-refractivity contribution in [1.29, 1.82) is 0 Å². The number of hydrogen-bond donors (Lipinski definition) is 0. The van der Waals surface area contributed by atoms with Crippen LogP contribution in [-0.4, -0.2) is 10.1 Å². The van der Waals surface area contributed by atoms with Crippen molar-refractivity contribution in [3.8, 4) is 22.6 Å². The van der Waals surface area contributed by atoms with Gasteiger partial charge in [-0.2, -0.15) is 4.98 Å². The summed E-state index contributed by atoms with van der Waals surface area (Å²) in [6.07, 6.45) is 6.89. The van der Waals surface area contributed by atoms with E-state index in [2.05, 4.69) is 60.4 Å². The maximum Gasteiger partial charge on any atom is 0.257 e. The van der Waals surface area contributed by atoms with Gasteiger partial charge in [0.05, 0.1) is 0 Å². The Bertz CT molecular complexity index is 773. The van der Waals surface area contributed by atoms with Crippen LogP contribution in [0.2, 0.25) is 0 Å². The summed E-state index contributed by atoms with van der Waals surface area (Å²) in [4.78, 5) is 4.44. The fourth-order valence-electron chi connectivity index (χ4n) is 2.94. The zero-order chi connectivity index (χ0) is 17.5. The summed E-state index contributed by atoms with van der Waals surface area (Å²) >= 11 is 0. The van der Waals surface area contributed by atoms with Gasteiger partial charge in [-0.15, -0.1) is 0 Å². The lowest BCUT2D eigenvalue weighted by Crippen LogP contribution is -1.87. The average Bonchev–Trinajstić information content (AvgIpc) is 3.12. The minimum Gasteiger partial charge on any atom is -0.334 e. The smallest absolute Gasteiger partial charge is 0.257 e. The van der Waals surface area contributed by atoms with Crippen molar-refractivity contribution in [3.63, 3.8) is 0 Å². The third-order valence-corrected chi connectivity index (χ3v) is 4.43. The first-order valence-electron chi connectivity index (χ1n) is 9.32. The van der Waals surface area contributed by atoms with Crippen molar-refractivity contribution in [1.82, 2.24) is 10.1 Å². The third kappa shape index (κ3) is 4.56. The molecule has 25 heavy (non-hydrogen) atoms. The molecule has 3 heteroatoms. The summed E-state index contributed by atoms with van der Waals surface area (Å²) in [5, 5.41) is 4.02. The second-order valence-corrected chi connectivity index (χ2v) is 6.50. The van der Waals surface area contributed by atoms with Crippen molar-refractivity contribution in [2.75, 3.05) is 0 Å². The molecule has 0 N–H and O–H groups in total. The minimum absolute atomic E-state index is 0.598. The SMILES string of the molecule is CCCCCc1ccc(-c2ccc(-c3nc(CCC)no3)cc2)cc1. The van der Waals surface area contributed by atoms with E-state index in [1.165, 1.54) is 42.4 Å². The monoisotopic (exact) mass is 334 g/mol. The molecule has 3 aromatic rings. The molecule has 0 fully saturated rings. The van der Waals surface area contributed by atoms with Crippen LogP contribution in [0.25, 0.3) is 22.6 Å². The van der Waals surface area contributed by atoms with Gasteiger partial charge in [-0.05, 0) is 48.1 Å². The fraction of sp³-hybridized carbons (Fsp3) is 0.364. The lowest BCUT2D eigenvalue weighted by atomic mass is 10.0. The van der Waals surface area contributed by atoms with Crippen molar-refractivity contribution >= 4 is 0 Å². The Balaban J connectivity index is 1.69. The number of aromatic nitrogens is 2. The van der Waals surface area contributed by atoms with Crippen molar-refractivity contribution in [2.24, 2.45) is 0 Å². The molecule has 0 radical (unpaired) electrons. The molecule has 0 saturated carbocycles. The molecule has 1 heterocycles. The molecule has 0 aliphatic heterocycles. The van der Waals surface area contributed by atoms with E-state index in [1.54, 1.807) is 0 Å². The fourth-order valence-corrected chi connectivity index (χ4v) is 2.94. The molecule has 2 aromatic carbocycles. The van der Waals surface area contributed by atoms with Crippen LogP contribution < -0.4 is 0 Å². The van der Waals surface area contributed by atoms with Crippen LogP contribution in [-0.2, 0) is 12.8 Å². The highest BCUT2D eigenvalue weighted by molar-refractivity contribution is 5.67. The lowest BCUT2D eigenvalue weighted by Gasteiger charge is -2.05. The highest BCUT2D eigenvalue weighted by atomic mass is 16.5. The summed E-state index contributed by atoms with van der Waals surface area (Å²) in [6, 6.07) is 17.2. The number of rotatable bonds is 8. The van der Waals surface area contributed by atoms with Gasteiger partial charge in [0.25, 0.3) is 5.89 Å². The highest BCUT2D eigenvalue weighted by Gasteiger charge is 2.08. The molecular weight excluding hydrogens is 308 g/mol. The third-order valence-electron chi connectivity index (χ3n) is 4.43. The Hall–Kier alpha value is -2.42. The van der Waals surface area contributed by atoms with Crippen LogP contribution in [0.3, 0.4) is 0 Å². The molecular formula is C22H26N2O. The molecule has 3 nitrogen and oxygen atoms in total. The maximum absolute atomic E-state index is 5.35. The van der Waals surface area contributed by atoms with Crippen LogP contribution >= 0.6 is 0 Å². The van der Waals surface area contributed by atoms with E-state index < -0.39 is 0 Å². The number of benzene rings is 2. The molecule has 0 atom stereocenters. The predicted molar refractivity (Wildman–Crippen MR) is 102 cm³/mol. The largest absolute Gasteiger partial charge is 0.334 e. The highest BCUT2D eigenvalue weighted by Crippen LogP contribution is 2.24. The van der Waals surface area contributed by atoms with Gasteiger partial charge in [-0.3, -0.25) is 0 Å². The molecule has 130 valence electrons. The first kappa shape index (κ1) is 17.4. The standard InChI is InChI=1S/C22H26N2O/c1-3-5-6-8-17-9-11-18(12-10-17)19-13-15-20(16-14-19)22-23-21(7-4-2)24-25-22/h9-16H,3-8H2,1-2H3. The second-order valence-electron chi connectivity index (χ2n) is 6.50. The number of hydrogen-bond acceptors (Lipinski definition) is 3. The Kier molecular flexibility index (Phi) is 5.99. The summed E-state index contributed by atoms with van der Waals surface area (Å²) in [7, 11) is 0. The molecule has 0 amide bonds. The topological polar surface area (TPSA) is 38.9 Å². The molecule has 1 aromatic heterocycles. The van der Waals surface area contributed by atoms with Gasteiger partial charge >= 0.3 is 0 Å². The van der Waals surface area contributed by atoms with E-state index in [0.29, 0.717) is 5.89 Å². The Morgan fingerprint density at radius 2 is 1.36 bits per heavy atom. The molecule has 0 bridgehead atoms. The molecule has 0 spiro atoms. The number of unbranched alkanes of at least 4 members (excludes halogenated alkanes) is 2. The lowest BCUT2D eigenvalue weighted by molar-refractivity contribution is 0.422. The summed E-state index contributed by atoms with van der Waals surface area (Å²) in [5.41, 5.74) is 4.83. The Labute approximate surface area is 150 Å². The van der Waals surface area contributed by atoms with E-state index >= 15 is 0 Å². The molecule has 0 aliphatic rings. The van der Waals surface area contributed by atoms with Crippen LogP contribution in [0.4, 0.5) is 0 Å². The van der Waals surface area contributed by atoms with Gasteiger partial charge in [-0.25, -0.2) is 0 Å². The summed E-state index contributed by atoms with van der Waals surface area (Å²) < 4.78 is 5.35. The first-order valence-corrected chi connectivity index (χ1v) is 9.32. The van der Waals surface area contributed by atoms with E-state index in [-0.39, 0.29) is 0 Å². The Morgan fingerprint density at radius 1 is 0.720 bits per heavy atom. The average molecular weight is 334 g/mol. The van der Waals surface area contributed by atoms with Crippen molar-refractivity contribution in [3.05, 3.63) is 59.9 Å². The maximum atomic E-state index is 5.35. The van der Waals surface area contributed by atoms with Gasteiger partial charge in [0.15, 0.2) is 5.82 Å². The molecule has 3 rings (SSSR count). The van der Waals surface area contributed by atoms with Crippen LogP contribution in [0.5, 0.6) is 0 Å². The van der Waals surface area contributed by atoms with Gasteiger partial charge in [-0.1, -0.05) is 68.2 Å². The molecule has 0 saturated heterocycles. The van der Waals surface area contributed by atoms with Gasteiger partial charge < -0.3 is 4.52 Å². The van der Waals surface area contributed by atoms with Crippen LogP contribution in [0.15, 0.2) is 53.1 Å². The zero-order valence-corrected chi connectivity index (χ0v) is 15.2. The van der Waals surface area contributed by atoms with Crippen LogP contribution in [0, 0.1) is 0 Å². The van der Waals surface area contributed by atoms with Crippen molar-refractivity contribution in [2.45, 2.75) is 52.4 Å². The van der Waals surface area contributed by atoms with E-state index in [4.69, 9.17) is 4.52 Å². The van der Waals surface area contributed by atoms with E-state index in [0.717, 1.165) is 24.2 Å². The molecule has 0 unspecified atom stereocenters. The summed E-state index contributed by atoms with van der Waals surface area (Å²) in [5.74, 6) is 1.38. The molecule has 0 aliphatic carbocycles. The second kappa shape index (κ2) is 8.61.